The Bertz CT molecular complexity index is 479. The lowest BCUT2D eigenvalue weighted by Gasteiger charge is -2.14. The van der Waals surface area contributed by atoms with Crippen LogP contribution in [-0.4, -0.2) is 18.6 Å². The summed E-state index contributed by atoms with van der Waals surface area (Å²) in [7, 11) is 0. The van der Waals surface area contributed by atoms with E-state index in [4.69, 9.17) is 10.00 Å². The first-order valence-electron chi connectivity index (χ1n) is 6.09. The Kier molecular flexibility index (Phi) is 3.96. The topological polar surface area (TPSA) is 62.1 Å². The molecule has 2 rings (SSSR count). The zero-order valence-corrected chi connectivity index (χ0v) is 10.3. The molecule has 2 unspecified atom stereocenters. The molecule has 0 aliphatic carbocycles. The minimum atomic E-state index is -0.329. The molecule has 1 N–H and O–H groups in total. The van der Waals surface area contributed by atoms with Gasteiger partial charge in [0.1, 0.15) is 6.10 Å². The largest absolute Gasteiger partial charge is 0.368 e. The molecule has 0 saturated carbocycles. The van der Waals surface area contributed by atoms with Crippen molar-refractivity contribution in [3.05, 3.63) is 35.4 Å². The van der Waals surface area contributed by atoms with Gasteiger partial charge in [0, 0.05) is 13.2 Å². The van der Waals surface area contributed by atoms with Crippen molar-refractivity contribution >= 4 is 5.91 Å². The monoisotopic (exact) mass is 244 g/mol. The normalized spacial score (nSPS) is 22.4. The molecule has 1 aliphatic rings. The van der Waals surface area contributed by atoms with Crippen molar-refractivity contribution < 1.29 is 9.53 Å². The number of hydrogen-bond acceptors (Lipinski definition) is 3. The summed E-state index contributed by atoms with van der Waals surface area (Å²) in [5, 5.41) is 11.6. The minimum absolute atomic E-state index is 0.0673. The molecule has 18 heavy (non-hydrogen) atoms. The molecule has 0 bridgehead atoms. The van der Waals surface area contributed by atoms with Crippen LogP contribution in [0.2, 0.25) is 0 Å². The molecule has 0 spiro atoms. The number of amides is 1. The summed E-state index contributed by atoms with van der Waals surface area (Å²) in [5.74, 6) is 0.206. The quantitative estimate of drug-likeness (QED) is 0.878. The van der Waals surface area contributed by atoms with Gasteiger partial charge in [-0.05, 0) is 30.0 Å². The molecule has 1 aromatic rings. The number of rotatable bonds is 3. The molecule has 4 nitrogen and oxygen atoms in total. The Morgan fingerprint density at radius 3 is 3.11 bits per heavy atom. The lowest BCUT2D eigenvalue weighted by molar-refractivity contribution is -0.131. The average Bonchev–Trinajstić information content (AvgIpc) is 2.82. The van der Waals surface area contributed by atoms with Crippen LogP contribution >= 0.6 is 0 Å². The first kappa shape index (κ1) is 12.6. The van der Waals surface area contributed by atoms with Crippen LogP contribution < -0.4 is 5.32 Å². The molecule has 1 aromatic carbocycles. The number of nitrogens with one attached hydrogen (secondary N) is 1. The van der Waals surface area contributed by atoms with Gasteiger partial charge in [-0.2, -0.15) is 5.26 Å². The maximum absolute atomic E-state index is 11.9. The van der Waals surface area contributed by atoms with Gasteiger partial charge in [-0.25, -0.2) is 0 Å². The molecule has 1 fully saturated rings. The van der Waals surface area contributed by atoms with Crippen molar-refractivity contribution in [1.82, 2.24) is 5.32 Å². The standard InChI is InChI=1S/C14H16N2O2/c1-10-5-6-18-13(10)14(17)16-9-12-4-2-3-11(7-12)8-15/h2-4,7,10,13H,5-6,9H2,1H3,(H,16,17). The van der Waals surface area contributed by atoms with Gasteiger partial charge >= 0.3 is 0 Å². The summed E-state index contributed by atoms with van der Waals surface area (Å²) < 4.78 is 5.40. The molecule has 0 radical (unpaired) electrons. The smallest absolute Gasteiger partial charge is 0.249 e. The number of nitrogens with zero attached hydrogens (tertiary/aromatic N) is 1. The van der Waals surface area contributed by atoms with Crippen molar-refractivity contribution in [3.63, 3.8) is 0 Å². The second kappa shape index (κ2) is 5.65. The lowest BCUT2D eigenvalue weighted by Crippen LogP contribution is -2.36. The molecule has 1 aliphatic heterocycles. The number of nitriles is 1. The van der Waals surface area contributed by atoms with Crippen LogP contribution in [0.25, 0.3) is 0 Å². The molecule has 4 heteroatoms. The maximum Gasteiger partial charge on any atom is 0.249 e. The van der Waals surface area contributed by atoms with Crippen LogP contribution in [-0.2, 0) is 16.1 Å². The second-order valence-corrected chi connectivity index (χ2v) is 4.59. The third-order valence-corrected chi connectivity index (χ3v) is 3.17. The molecular weight excluding hydrogens is 228 g/mol. The second-order valence-electron chi connectivity index (χ2n) is 4.59. The van der Waals surface area contributed by atoms with Crippen LogP contribution in [0.15, 0.2) is 24.3 Å². The van der Waals surface area contributed by atoms with E-state index < -0.39 is 0 Å². The highest BCUT2D eigenvalue weighted by Gasteiger charge is 2.30. The van der Waals surface area contributed by atoms with Gasteiger partial charge in [0.2, 0.25) is 5.91 Å². The van der Waals surface area contributed by atoms with E-state index in [9.17, 15) is 4.79 Å². The van der Waals surface area contributed by atoms with Crippen LogP contribution in [0.4, 0.5) is 0 Å². The van der Waals surface area contributed by atoms with E-state index >= 15 is 0 Å². The van der Waals surface area contributed by atoms with Crippen molar-refractivity contribution in [3.8, 4) is 6.07 Å². The van der Waals surface area contributed by atoms with E-state index in [0.717, 1.165) is 12.0 Å². The average molecular weight is 244 g/mol. The highest BCUT2D eigenvalue weighted by atomic mass is 16.5. The number of carbonyl (C=O) groups is 1. The molecule has 94 valence electrons. The van der Waals surface area contributed by atoms with E-state index in [1.165, 1.54) is 0 Å². The fourth-order valence-corrected chi connectivity index (χ4v) is 2.07. The molecule has 1 saturated heterocycles. The zero-order chi connectivity index (χ0) is 13.0. The third-order valence-electron chi connectivity index (χ3n) is 3.17. The predicted octanol–water partition coefficient (Wildman–Crippen LogP) is 1.60. The Labute approximate surface area is 107 Å². The SMILES string of the molecule is CC1CCOC1C(=O)NCc1cccc(C#N)c1. The van der Waals surface area contributed by atoms with Crippen molar-refractivity contribution in [2.24, 2.45) is 5.92 Å². The zero-order valence-electron chi connectivity index (χ0n) is 10.3. The van der Waals surface area contributed by atoms with Gasteiger partial charge in [0.05, 0.1) is 11.6 Å². The predicted molar refractivity (Wildman–Crippen MR) is 66.5 cm³/mol. The molecule has 1 amide bonds. The first-order chi connectivity index (χ1) is 8.70. The highest BCUT2D eigenvalue weighted by molar-refractivity contribution is 5.81. The molecule has 2 atom stereocenters. The first-order valence-corrected chi connectivity index (χ1v) is 6.09. The van der Waals surface area contributed by atoms with Crippen LogP contribution in [0.1, 0.15) is 24.5 Å². The Balaban J connectivity index is 1.91. The van der Waals surface area contributed by atoms with Gasteiger partial charge < -0.3 is 10.1 Å². The summed E-state index contributed by atoms with van der Waals surface area (Å²) in [6.07, 6.45) is 0.603. The van der Waals surface area contributed by atoms with E-state index in [2.05, 4.69) is 11.4 Å². The lowest BCUT2D eigenvalue weighted by atomic mass is 10.0. The van der Waals surface area contributed by atoms with Crippen LogP contribution in [0.5, 0.6) is 0 Å². The van der Waals surface area contributed by atoms with E-state index in [1.54, 1.807) is 12.1 Å². The van der Waals surface area contributed by atoms with E-state index in [1.807, 2.05) is 19.1 Å². The van der Waals surface area contributed by atoms with Crippen molar-refractivity contribution in [2.45, 2.75) is 26.0 Å². The third kappa shape index (κ3) is 2.88. The van der Waals surface area contributed by atoms with Gasteiger partial charge in [0.25, 0.3) is 0 Å². The fourth-order valence-electron chi connectivity index (χ4n) is 2.07. The molecule has 0 aromatic heterocycles. The van der Waals surface area contributed by atoms with Crippen LogP contribution in [0, 0.1) is 17.2 Å². The molecule has 1 heterocycles. The number of carbonyl (C=O) groups excluding carboxylic acids is 1. The van der Waals surface area contributed by atoms with Gasteiger partial charge in [-0.3, -0.25) is 4.79 Å². The summed E-state index contributed by atoms with van der Waals surface area (Å²) in [4.78, 5) is 11.9. The van der Waals surface area contributed by atoms with E-state index in [-0.39, 0.29) is 17.9 Å². The minimum Gasteiger partial charge on any atom is -0.368 e. The Hall–Kier alpha value is -1.86. The number of ether oxygens (including phenoxy) is 1. The summed E-state index contributed by atoms with van der Waals surface area (Å²) in [6, 6.07) is 9.30. The summed E-state index contributed by atoms with van der Waals surface area (Å²) >= 11 is 0. The Morgan fingerprint density at radius 1 is 1.61 bits per heavy atom. The number of benzene rings is 1. The maximum atomic E-state index is 11.9. The summed E-state index contributed by atoms with van der Waals surface area (Å²) in [5.41, 5.74) is 1.53. The van der Waals surface area contributed by atoms with Gasteiger partial charge in [0.15, 0.2) is 0 Å². The van der Waals surface area contributed by atoms with Gasteiger partial charge in [-0.15, -0.1) is 0 Å². The van der Waals surface area contributed by atoms with Crippen LogP contribution in [0.3, 0.4) is 0 Å². The van der Waals surface area contributed by atoms with Crippen molar-refractivity contribution in [1.29, 1.82) is 5.26 Å². The van der Waals surface area contributed by atoms with Crippen molar-refractivity contribution in [2.75, 3.05) is 6.61 Å². The molecular formula is C14H16N2O2. The number of hydrogen-bond donors (Lipinski definition) is 1. The van der Waals surface area contributed by atoms with Gasteiger partial charge in [-0.1, -0.05) is 19.1 Å². The Morgan fingerprint density at radius 2 is 2.44 bits per heavy atom. The summed E-state index contributed by atoms with van der Waals surface area (Å²) in [6.45, 7) is 3.11. The fraction of sp³-hybridized carbons (Fsp3) is 0.429. The van der Waals surface area contributed by atoms with E-state index in [0.29, 0.717) is 18.7 Å². The highest BCUT2D eigenvalue weighted by Crippen LogP contribution is 2.20.